The van der Waals surface area contributed by atoms with Gasteiger partial charge in [-0.2, -0.15) is 4.31 Å². The maximum Gasteiger partial charge on any atom is 0.243 e. The molecule has 0 atom stereocenters. The monoisotopic (exact) mass is 464 g/mol. The molecule has 0 radical (unpaired) electrons. The van der Waals surface area contributed by atoms with Crippen molar-refractivity contribution in [3.8, 4) is 0 Å². The lowest BCUT2D eigenvalue weighted by atomic mass is 10.1. The second-order valence-electron chi connectivity index (χ2n) is 6.63. The van der Waals surface area contributed by atoms with Crippen LogP contribution in [0, 0.1) is 29.1 Å². The molecule has 0 aliphatic carbocycles. The van der Waals surface area contributed by atoms with Gasteiger partial charge in [0.2, 0.25) is 21.7 Å². The molecule has 1 amide bonds. The molecule has 12 heteroatoms. The van der Waals surface area contributed by atoms with Crippen LogP contribution in [-0.2, 0) is 32.5 Å². The van der Waals surface area contributed by atoms with Gasteiger partial charge in [-0.25, -0.2) is 30.4 Å². The number of nitrogens with one attached hydrogen (secondary N) is 1. The minimum Gasteiger partial charge on any atom is -0.379 e. The van der Waals surface area contributed by atoms with Gasteiger partial charge >= 0.3 is 0 Å². The molecule has 0 unspecified atom stereocenters. The van der Waals surface area contributed by atoms with E-state index in [1.165, 1.54) is 28.6 Å². The van der Waals surface area contributed by atoms with E-state index in [4.69, 9.17) is 4.74 Å². The SMILES string of the molecule is O=C(Cc1c(F)c(F)c(F)c(F)c1F)NCc1ccccc1S(=O)(=O)N1CCOCC1. The summed E-state index contributed by atoms with van der Waals surface area (Å²) in [7, 11) is -3.89. The summed E-state index contributed by atoms with van der Waals surface area (Å²) in [6.45, 7) is 0.445. The van der Waals surface area contributed by atoms with Crippen molar-refractivity contribution in [3.05, 3.63) is 64.5 Å². The number of amides is 1. The van der Waals surface area contributed by atoms with E-state index in [2.05, 4.69) is 5.32 Å². The first-order chi connectivity index (χ1) is 14.6. The second kappa shape index (κ2) is 9.28. The van der Waals surface area contributed by atoms with Crippen LogP contribution in [0.5, 0.6) is 0 Å². The van der Waals surface area contributed by atoms with Gasteiger partial charge in [0, 0.05) is 25.2 Å². The van der Waals surface area contributed by atoms with Crippen molar-refractivity contribution in [2.45, 2.75) is 17.9 Å². The minimum atomic E-state index is -3.89. The van der Waals surface area contributed by atoms with Crippen molar-refractivity contribution in [2.75, 3.05) is 26.3 Å². The number of hydrogen-bond donors (Lipinski definition) is 1. The average molecular weight is 464 g/mol. The molecule has 2 aromatic rings. The van der Waals surface area contributed by atoms with Crippen molar-refractivity contribution in [3.63, 3.8) is 0 Å². The number of morpholine rings is 1. The highest BCUT2D eigenvalue weighted by Gasteiger charge is 2.29. The molecular weight excluding hydrogens is 447 g/mol. The molecule has 3 rings (SSSR count). The molecule has 0 bridgehead atoms. The van der Waals surface area contributed by atoms with Crippen LogP contribution in [0.15, 0.2) is 29.2 Å². The number of carbonyl (C=O) groups is 1. The van der Waals surface area contributed by atoms with Crippen LogP contribution in [0.4, 0.5) is 22.0 Å². The van der Waals surface area contributed by atoms with E-state index in [0.29, 0.717) is 0 Å². The zero-order valence-corrected chi connectivity index (χ0v) is 16.7. The van der Waals surface area contributed by atoms with Crippen molar-refractivity contribution >= 4 is 15.9 Å². The molecular formula is C19H17F5N2O4S. The van der Waals surface area contributed by atoms with E-state index in [9.17, 15) is 35.2 Å². The first-order valence-electron chi connectivity index (χ1n) is 9.07. The summed E-state index contributed by atoms with van der Waals surface area (Å²) in [5, 5.41) is 2.25. The number of carbonyl (C=O) groups excluding carboxylic acids is 1. The van der Waals surface area contributed by atoms with Crippen LogP contribution in [0.3, 0.4) is 0 Å². The summed E-state index contributed by atoms with van der Waals surface area (Å²) in [6, 6.07) is 5.81. The quantitative estimate of drug-likeness (QED) is 0.404. The fourth-order valence-electron chi connectivity index (χ4n) is 3.05. The molecule has 0 saturated carbocycles. The lowest BCUT2D eigenvalue weighted by Crippen LogP contribution is -2.41. The highest BCUT2D eigenvalue weighted by atomic mass is 32.2. The van der Waals surface area contributed by atoms with E-state index in [1.54, 1.807) is 0 Å². The van der Waals surface area contributed by atoms with Crippen LogP contribution in [-0.4, -0.2) is 44.9 Å². The number of ether oxygens (including phenoxy) is 1. The molecule has 1 heterocycles. The summed E-state index contributed by atoms with van der Waals surface area (Å²) >= 11 is 0. The fraction of sp³-hybridized carbons (Fsp3) is 0.316. The molecule has 0 spiro atoms. The molecule has 0 aromatic heterocycles. The zero-order valence-electron chi connectivity index (χ0n) is 15.9. The van der Waals surface area contributed by atoms with Gasteiger partial charge in [-0.1, -0.05) is 18.2 Å². The first-order valence-corrected chi connectivity index (χ1v) is 10.5. The smallest absolute Gasteiger partial charge is 0.243 e. The molecule has 31 heavy (non-hydrogen) atoms. The van der Waals surface area contributed by atoms with Gasteiger partial charge in [-0.3, -0.25) is 4.79 Å². The molecule has 1 fully saturated rings. The standard InChI is InChI=1S/C19H17F5N2O4S/c20-15-12(16(21)18(23)19(24)17(15)22)9-14(27)25-10-11-3-1-2-4-13(11)31(28,29)26-5-7-30-8-6-26/h1-4H,5-10H2,(H,25,27). The Labute approximate surface area is 174 Å². The van der Waals surface area contributed by atoms with Gasteiger partial charge in [-0.05, 0) is 11.6 Å². The summed E-state index contributed by atoms with van der Waals surface area (Å²) in [5.74, 6) is -11.9. The average Bonchev–Trinajstić information content (AvgIpc) is 2.78. The highest BCUT2D eigenvalue weighted by molar-refractivity contribution is 7.89. The molecule has 1 saturated heterocycles. The number of hydrogen-bond acceptors (Lipinski definition) is 4. The third-order valence-corrected chi connectivity index (χ3v) is 6.67. The predicted molar refractivity (Wildman–Crippen MR) is 97.8 cm³/mol. The van der Waals surface area contributed by atoms with E-state index >= 15 is 0 Å². The van der Waals surface area contributed by atoms with Crippen molar-refractivity contribution in [1.29, 1.82) is 0 Å². The van der Waals surface area contributed by atoms with E-state index in [0.717, 1.165) is 0 Å². The molecule has 1 aliphatic heterocycles. The first kappa shape index (κ1) is 23.1. The van der Waals surface area contributed by atoms with E-state index in [-0.39, 0.29) is 43.3 Å². The van der Waals surface area contributed by atoms with Crippen LogP contribution >= 0.6 is 0 Å². The van der Waals surface area contributed by atoms with E-state index < -0.39 is 57.0 Å². The maximum absolute atomic E-state index is 13.8. The normalized spacial score (nSPS) is 15.1. The van der Waals surface area contributed by atoms with Gasteiger partial charge in [-0.15, -0.1) is 0 Å². The number of sulfonamides is 1. The van der Waals surface area contributed by atoms with Crippen LogP contribution < -0.4 is 5.32 Å². The largest absolute Gasteiger partial charge is 0.379 e. The van der Waals surface area contributed by atoms with Gasteiger partial charge < -0.3 is 10.1 Å². The summed E-state index contributed by atoms with van der Waals surface area (Å²) in [6.07, 6.45) is -1.12. The fourth-order valence-corrected chi connectivity index (χ4v) is 4.68. The molecule has 2 aromatic carbocycles. The molecule has 6 nitrogen and oxygen atoms in total. The van der Waals surface area contributed by atoms with Crippen LogP contribution in [0.2, 0.25) is 0 Å². The minimum absolute atomic E-state index is 0.0755. The number of benzene rings is 2. The predicted octanol–water partition coefficient (Wildman–Crippen LogP) is 2.26. The summed E-state index contributed by atoms with van der Waals surface area (Å²) in [4.78, 5) is 12.0. The third-order valence-electron chi connectivity index (χ3n) is 4.67. The topological polar surface area (TPSA) is 75.7 Å². The van der Waals surface area contributed by atoms with Crippen LogP contribution in [0.25, 0.3) is 0 Å². The van der Waals surface area contributed by atoms with Crippen LogP contribution in [0.1, 0.15) is 11.1 Å². The Balaban J connectivity index is 1.77. The highest BCUT2D eigenvalue weighted by Crippen LogP contribution is 2.24. The Hall–Kier alpha value is -2.57. The zero-order chi connectivity index (χ0) is 22.8. The number of halogens is 5. The van der Waals surface area contributed by atoms with Gasteiger partial charge in [0.25, 0.3) is 0 Å². The lowest BCUT2D eigenvalue weighted by Gasteiger charge is -2.27. The Morgan fingerprint density at radius 3 is 2.10 bits per heavy atom. The van der Waals surface area contributed by atoms with Gasteiger partial charge in [0.1, 0.15) is 0 Å². The van der Waals surface area contributed by atoms with Crippen molar-refractivity contribution in [1.82, 2.24) is 9.62 Å². The molecule has 1 N–H and O–H groups in total. The molecule has 1 aliphatic rings. The van der Waals surface area contributed by atoms with E-state index in [1.807, 2.05) is 0 Å². The number of nitrogens with zero attached hydrogens (tertiary/aromatic N) is 1. The van der Waals surface area contributed by atoms with Crippen molar-refractivity contribution < 1.29 is 39.9 Å². The lowest BCUT2D eigenvalue weighted by molar-refractivity contribution is -0.120. The summed E-state index contributed by atoms with van der Waals surface area (Å²) < 4.78 is 99.3. The second-order valence-corrected chi connectivity index (χ2v) is 8.53. The van der Waals surface area contributed by atoms with Gasteiger partial charge in [0.05, 0.1) is 24.5 Å². The molecule has 168 valence electrons. The summed E-state index contributed by atoms with van der Waals surface area (Å²) in [5.41, 5.74) is -1.08. The third kappa shape index (κ3) is 4.70. The Morgan fingerprint density at radius 1 is 0.935 bits per heavy atom. The Morgan fingerprint density at radius 2 is 1.48 bits per heavy atom. The number of rotatable bonds is 6. The Kier molecular flexibility index (Phi) is 6.92. The maximum atomic E-state index is 13.8. The Bertz CT molecular complexity index is 1080. The van der Waals surface area contributed by atoms with Crippen molar-refractivity contribution in [2.24, 2.45) is 0 Å². The van der Waals surface area contributed by atoms with Gasteiger partial charge in [0.15, 0.2) is 23.3 Å².